The van der Waals surface area contributed by atoms with E-state index < -0.39 is 69.3 Å². The van der Waals surface area contributed by atoms with Gasteiger partial charge >= 0.3 is 18.1 Å². The van der Waals surface area contributed by atoms with Crippen LogP contribution in [0.5, 0.6) is 0 Å². The van der Waals surface area contributed by atoms with Crippen LogP contribution in [0.1, 0.15) is 58.7 Å². The van der Waals surface area contributed by atoms with Gasteiger partial charge in [-0.3, -0.25) is 9.59 Å². The summed E-state index contributed by atoms with van der Waals surface area (Å²) in [5, 5.41) is 52.1. The molecule has 0 radical (unpaired) electrons. The van der Waals surface area contributed by atoms with Gasteiger partial charge in [-0.15, -0.1) is 0 Å². The average molecular weight is 669 g/mol. The van der Waals surface area contributed by atoms with Crippen LogP contribution in [-0.2, 0) is 15.8 Å². The quantitative estimate of drug-likeness (QED) is 0.0940. The van der Waals surface area contributed by atoms with E-state index in [4.69, 9.17) is 17.3 Å². The molecule has 15 heteroatoms. The SMILES string of the molecule is CC(C)(C)NC(CO)c1cc(Cl)c(N)c(C(F)(F)F)c1.O=C(O)[C@@](O)(C(=O)c1ccccc1)[C@@](O)(C(=O)O)C(=O)c1ccccc1. The Labute approximate surface area is 266 Å². The predicted octanol–water partition coefficient (Wildman–Crippen LogP) is 3.75. The Morgan fingerprint density at radius 2 is 1.20 bits per heavy atom. The molecule has 0 amide bonds. The Kier molecular flexibility index (Phi) is 11.8. The number of nitrogens with two attached hydrogens (primary N) is 1. The maximum absolute atomic E-state index is 12.9. The lowest BCUT2D eigenvalue weighted by Gasteiger charge is -2.34. The van der Waals surface area contributed by atoms with Gasteiger partial charge in [0, 0.05) is 16.7 Å². The monoisotopic (exact) mass is 668 g/mol. The first kappa shape index (κ1) is 37.8. The maximum Gasteiger partial charge on any atom is 0.418 e. The molecule has 46 heavy (non-hydrogen) atoms. The number of hydrogen-bond donors (Lipinski definition) is 7. The van der Waals surface area contributed by atoms with E-state index in [1.165, 1.54) is 42.5 Å². The second kappa shape index (κ2) is 14.4. The molecule has 248 valence electrons. The summed E-state index contributed by atoms with van der Waals surface area (Å²) in [7, 11) is 0. The third-order valence-corrected chi connectivity index (χ3v) is 6.83. The number of benzene rings is 3. The molecule has 0 fully saturated rings. The van der Waals surface area contributed by atoms with Crippen LogP contribution in [0.2, 0.25) is 5.02 Å². The van der Waals surface area contributed by atoms with Gasteiger partial charge in [-0.2, -0.15) is 13.2 Å². The van der Waals surface area contributed by atoms with Crippen LogP contribution in [0.15, 0.2) is 72.8 Å². The number of alkyl halides is 3. The van der Waals surface area contributed by atoms with E-state index in [-0.39, 0.29) is 22.7 Å². The lowest BCUT2D eigenvalue weighted by atomic mass is 9.73. The number of aliphatic hydroxyl groups is 3. The number of aliphatic carboxylic acids is 2. The first-order chi connectivity index (χ1) is 21.1. The topological polar surface area (TPSA) is 207 Å². The number of Topliss-reactive ketones (excluding diaryl/α,β-unsaturated/α-hetero) is 2. The van der Waals surface area contributed by atoms with Crippen LogP contribution in [0, 0.1) is 0 Å². The van der Waals surface area contributed by atoms with E-state index in [9.17, 15) is 57.9 Å². The van der Waals surface area contributed by atoms with E-state index in [0.717, 1.165) is 30.3 Å². The van der Waals surface area contributed by atoms with Crippen molar-refractivity contribution in [2.45, 2.75) is 49.7 Å². The first-order valence-electron chi connectivity index (χ1n) is 13.3. The molecule has 0 spiro atoms. The lowest BCUT2D eigenvalue weighted by Crippen LogP contribution is -2.71. The summed E-state index contributed by atoms with van der Waals surface area (Å²) in [5.74, 6) is -8.03. The number of rotatable bonds is 10. The number of carbonyl (C=O) groups excluding carboxylic acids is 2. The van der Waals surface area contributed by atoms with Crippen molar-refractivity contribution in [2.24, 2.45) is 0 Å². The largest absolute Gasteiger partial charge is 0.479 e. The van der Waals surface area contributed by atoms with Crippen molar-refractivity contribution >= 4 is 40.8 Å². The van der Waals surface area contributed by atoms with Crippen molar-refractivity contribution in [3.05, 3.63) is 100 Å². The molecule has 8 N–H and O–H groups in total. The van der Waals surface area contributed by atoms with Crippen molar-refractivity contribution < 1.29 is 57.9 Å². The van der Waals surface area contributed by atoms with Crippen LogP contribution >= 0.6 is 11.6 Å². The number of carboxylic acids is 2. The highest BCUT2D eigenvalue weighted by Crippen LogP contribution is 2.39. The molecule has 0 aliphatic heterocycles. The fourth-order valence-corrected chi connectivity index (χ4v) is 4.49. The smallest absolute Gasteiger partial charge is 0.418 e. The number of nitrogen functional groups attached to an aromatic ring is 1. The summed E-state index contributed by atoms with van der Waals surface area (Å²) in [5.41, 5.74) is -4.94. The van der Waals surface area contributed by atoms with Gasteiger partial charge in [-0.1, -0.05) is 72.3 Å². The average Bonchev–Trinajstić information content (AvgIpc) is 2.99. The van der Waals surface area contributed by atoms with E-state index in [2.05, 4.69) is 5.32 Å². The molecule has 0 saturated heterocycles. The van der Waals surface area contributed by atoms with E-state index in [1.54, 1.807) is 0 Å². The fourth-order valence-electron chi connectivity index (χ4n) is 4.26. The second-order valence-electron chi connectivity index (χ2n) is 11.0. The Bertz CT molecular complexity index is 1510. The second-order valence-corrected chi connectivity index (χ2v) is 11.4. The van der Waals surface area contributed by atoms with Crippen LogP contribution < -0.4 is 11.1 Å². The summed E-state index contributed by atoms with van der Waals surface area (Å²) in [4.78, 5) is 48.5. The minimum atomic E-state index is -4.59. The van der Waals surface area contributed by atoms with Crippen molar-refractivity contribution in [3.63, 3.8) is 0 Å². The number of hydrogen-bond acceptors (Lipinski definition) is 9. The molecule has 1 unspecified atom stereocenters. The Balaban J connectivity index is 0.000000332. The standard InChI is InChI=1S/C18H14O8.C13H18ClF3N2O/c19-13(11-7-3-1-4-8-11)17(25,15(21)22)18(26,16(23)24)14(20)12-9-5-2-6-10-12;1-12(2,3)19-10(6-20)7-4-8(13(15,16)17)11(18)9(14)5-7/h1-10,25-26H,(H,21,22)(H,23,24);4-5,10,19-20H,6,18H2,1-3H3/t17-,18-;/m0./s1. The summed E-state index contributed by atoms with van der Waals surface area (Å²) in [6.45, 7) is 5.19. The number of ketones is 2. The third-order valence-electron chi connectivity index (χ3n) is 6.52. The minimum Gasteiger partial charge on any atom is -0.479 e. The van der Waals surface area contributed by atoms with E-state index in [1.807, 2.05) is 20.8 Å². The van der Waals surface area contributed by atoms with E-state index >= 15 is 0 Å². The van der Waals surface area contributed by atoms with Crippen LogP contribution in [-0.4, -0.2) is 72.4 Å². The molecule has 11 nitrogen and oxygen atoms in total. The molecule has 0 aliphatic carbocycles. The molecule has 0 saturated carbocycles. The molecule has 3 atom stereocenters. The van der Waals surface area contributed by atoms with E-state index in [0.29, 0.717) is 0 Å². The molecule has 0 bridgehead atoms. The summed E-state index contributed by atoms with van der Waals surface area (Å²) in [6.07, 6.45) is -4.59. The summed E-state index contributed by atoms with van der Waals surface area (Å²) >= 11 is 5.76. The molecule has 3 aromatic rings. The number of nitrogens with one attached hydrogen (secondary N) is 1. The van der Waals surface area contributed by atoms with Crippen molar-refractivity contribution in [2.75, 3.05) is 12.3 Å². The van der Waals surface area contributed by atoms with Crippen LogP contribution in [0.25, 0.3) is 0 Å². The number of anilines is 1. The van der Waals surface area contributed by atoms with Crippen LogP contribution in [0.3, 0.4) is 0 Å². The van der Waals surface area contributed by atoms with Crippen LogP contribution in [0.4, 0.5) is 18.9 Å². The normalized spacial score (nSPS) is 14.9. The third kappa shape index (κ3) is 8.08. The Hall–Kier alpha value is -4.34. The Morgan fingerprint density at radius 1 is 0.804 bits per heavy atom. The predicted molar refractivity (Wildman–Crippen MR) is 160 cm³/mol. The van der Waals surface area contributed by atoms with Gasteiger partial charge in [0.05, 0.1) is 28.9 Å². The highest BCUT2D eigenvalue weighted by molar-refractivity contribution is 6.33. The molecular weight excluding hydrogens is 637 g/mol. The molecule has 0 aromatic heterocycles. The zero-order valence-electron chi connectivity index (χ0n) is 24.7. The number of carboxylic acid groups (broad SMARTS) is 2. The number of carbonyl (C=O) groups is 4. The molecule has 3 rings (SSSR count). The van der Waals surface area contributed by atoms with Gasteiger partial charge in [-0.25, -0.2) is 9.59 Å². The van der Waals surface area contributed by atoms with Crippen molar-refractivity contribution in [1.82, 2.24) is 5.32 Å². The van der Waals surface area contributed by atoms with Gasteiger partial charge in [0.1, 0.15) is 0 Å². The number of aliphatic hydroxyl groups excluding tert-OH is 1. The van der Waals surface area contributed by atoms with Crippen molar-refractivity contribution in [3.8, 4) is 0 Å². The zero-order chi connectivity index (χ0) is 35.3. The molecular formula is C31H32ClF3N2O9. The Morgan fingerprint density at radius 3 is 1.50 bits per heavy atom. The number of halogens is 4. The zero-order valence-corrected chi connectivity index (χ0v) is 25.4. The lowest BCUT2D eigenvalue weighted by molar-refractivity contribution is -0.187. The highest BCUT2D eigenvalue weighted by Gasteiger charge is 2.69. The molecule has 0 aliphatic rings. The van der Waals surface area contributed by atoms with Gasteiger partial charge in [0.15, 0.2) is 0 Å². The minimum absolute atomic E-state index is 0.177. The first-order valence-corrected chi connectivity index (χ1v) is 13.7. The summed E-state index contributed by atoms with van der Waals surface area (Å²) < 4.78 is 38.7. The van der Waals surface area contributed by atoms with Crippen molar-refractivity contribution in [1.29, 1.82) is 0 Å². The summed E-state index contributed by atoms with van der Waals surface area (Å²) in [6, 6.07) is 14.4. The van der Waals surface area contributed by atoms with Gasteiger partial charge < -0.3 is 36.6 Å². The molecule has 3 aromatic carbocycles. The van der Waals surface area contributed by atoms with Gasteiger partial charge in [0.25, 0.3) is 11.2 Å². The fraction of sp³-hybridized carbons (Fsp3) is 0.290. The van der Waals surface area contributed by atoms with Gasteiger partial charge in [-0.05, 0) is 38.5 Å². The molecule has 0 heterocycles. The maximum atomic E-state index is 12.9. The van der Waals surface area contributed by atoms with Gasteiger partial charge in [0.2, 0.25) is 11.6 Å². The highest BCUT2D eigenvalue weighted by atomic mass is 35.5.